The standard InChI is InChI=1S/C20H22N4O4S2/c1-28-19(26)11-15-20(27)21-6-7-23(15)12-18(25)24-14(17-5-3-9-30-17)10-13(22-24)16-4-2-8-29-16/h2-5,8-9,14-15H,6-7,10-12H2,1H3,(H,21,27)/t14-,15-/m1/s1. The second-order valence-electron chi connectivity index (χ2n) is 7.06. The van der Waals surface area contributed by atoms with Gasteiger partial charge in [0.05, 0.1) is 36.7 Å². The molecule has 0 aliphatic carbocycles. The molecule has 0 spiro atoms. The highest BCUT2D eigenvalue weighted by molar-refractivity contribution is 7.12. The highest BCUT2D eigenvalue weighted by Crippen LogP contribution is 2.36. The average Bonchev–Trinajstić information content (AvgIpc) is 3.50. The molecule has 2 aromatic rings. The molecule has 2 aromatic heterocycles. The van der Waals surface area contributed by atoms with Crippen LogP contribution in [0.5, 0.6) is 0 Å². The van der Waals surface area contributed by atoms with Gasteiger partial charge in [0.15, 0.2) is 0 Å². The molecule has 2 amide bonds. The van der Waals surface area contributed by atoms with E-state index >= 15 is 0 Å². The SMILES string of the molecule is COC(=O)C[C@@H]1C(=O)NCCN1CC(=O)N1N=C(c2cccs2)C[C@@H]1c1cccs1. The molecule has 0 bridgehead atoms. The van der Waals surface area contributed by atoms with Crippen LogP contribution >= 0.6 is 22.7 Å². The highest BCUT2D eigenvalue weighted by Gasteiger charge is 2.38. The first-order chi connectivity index (χ1) is 14.6. The minimum atomic E-state index is -0.723. The van der Waals surface area contributed by atoms with Crippen molar-refractivity contribution < 1.29 is 19.1 Å². The smallest absolute Gasteiger partial charge is 0.307 e. The molecule has 2 aliphatic rings. The van der Waals surface area contributed by atoms with E-state index in [0.29, 0.717) is 19.5 Å². The van der Waals surface area contributed by atoms with Crippen molar-refractivity contribution in [3.8, 4) is 0 Å². The zero-order valence-electron chi connectivity index (χ0n) is 16.4. The van der Waals surface area contributed by atoms with Crippen molar-refractivity contribution in [1.82, 2.24) is 15.2 Å². The lowest BCUT2D eigenvalue weighted by Crippen LogP contribution is -2.58. The monoisotopic (exact) mass is 446 g/mol. The number of hydrazone groups is 1. The van der Waals surface area contributed by atoms with E-state index in [9.17, 15) is 14.4 Å². The maximum Gasteiger partial charge on any atom is 0.307 e. The number of nitrogens with one attached hydrogen (secondary N) is 1. The predicted molar refractivity (Wildman–Crippen MR) is 114 cm³/mol. The predicted octanol–water partition coefficient (Wildman–Crippen LogP) is 1.85. The van der Waals surface area contributed by atoms with E-state index in [0.717, 1.165) is 15.5 Å². The van der Waals surface area contributed by atoms with Crippen LogP contribution in [0.15, 0.2) is 40.1 Å². The number of carbonyl (C=O) groups is 3. The summed E-state index contributed by atoms with van der Waals surface area (Å²) in [6.07, 6.45) is 0.562. The number of hydrogen-bond acceptors (Lipinski definition) is 8. The van der Waals surface area contributed by atoms with Crippen molar-refractivity contribution in [2.24, 2.45) is 5.10 Å². The van der Waals surface area contributed by atoms with Crippen LogP contribution in [0.1, 0.15) is 28.6 Å². The summed E-state index contributed by atoms with van der Waals surface area (Å²) in [5, 5.41) is 12.9. The first-order valence-electron chi connectivity index (χ1n) is 9.62. The van der Waals surface area contributed by atoms with Gasteiger partial charge in [-0.15, -0.1) is 22.7 Å². The number of piperazine rings is 1. The van der Waals surface area contributed by atoms with E-state index in [1.807, 2.05) is 35.0 Å². The van der Waals surface area contributed by atoms with Crippen molar-refractivity contribution in [3.63, 3.8) is 0 Å². The molecule has 8 nitrogen and oxygen atoms in total. The molecule has 2 atom stereocenters. The summed E-state index contributed by atoms with van der Waals surface area (Å²) in [6, 6.07) is 7.07. The lowest BCUT2D eigenvalue weighted by molar-refractivity contribution is -0.147. The van der Waals surface area contributed by atoms with Crippen LogP contribution in [0.4, 0.5) is 0 Å². The Morgan fingerprint density at radius 3 is 2.77 bits per heavy atom. The van der Waals surface area contributed by atoms with Crippen LogP contribution in [0, 0.1) is 0 Å². The molecule has 30 heavy (non-hydrogen) atoms. The summed E-state index contributed by atoms with van der Waals surface area (Å²) in [5.41, 5.74) is 0.888. The highest BCUT2D eigenvalue weighted by atomic mass is 32.1. The Bertz CT molecular complexity index is 942. The summed E-state index contributed by atoms with van der Waals surface area (Å²) in [5.74, 6) is -0.937. The molecule has 0 radical (unpaired) electrons. The zero-order valence-corrected chi connectivity index (χ0v) is 18.1. The molecule has 1 saturated heterocycles. The quantitative estimate of drug-likeness (QED) is 0.684. The Balaban J connectivity index is 1.54. The van der Waals surface area contributed by atoms with Gasteiger partial charge in [-0.2, -0.15) is 5.10 Å². The number of nitrogens with zero attached hydrogens (tertiary/aromatic N) is 3. The van der Waals surface area contributed by atoms with Gasteiger partial charge in [0.25, 0.3) is 5.91 Å². The Morgan fingerprint density at radius 1 is 1.27 bits per heavy atom. The van der Waals surface area contributed by atoms with Crippen LogP contribution in [0.2, 0.25) is 0 Å². The van der Waals surface area contributed by atoms with Crippen LogP contribution in [-0.4, -0.2) is 66.2 Å². The molecule has 0 aromatic carbocycles. The van der Waals surface area contributed by atoms with Gasteiger partial charge in [-0.05, 0) is 22.9 Å². The van der Waals surface area contributed by atoms with Gasteiger partial charge in [0.1, 0.15) is 6.04 Å². The molecular weight excluding hydrogens is 424 g/mol. The van der Waals surface area contributed by atoms with Gasteiger partial charge < -0.3 is 10.1 Å². The maximum atomic E-state index is 13.3. The fraction of sp³-hybridized carbons (Fsp3) is 0.400. The van der Waals surface area contributed by atoms with Crippen molar-refractivity contribution in [2.45, 2.75) is 24.9 Å². The fourth-order valence-electron chi connectivity index (χ4n) is 3.69. The number of rotatable bonds is 6. The minimum Gasteiger partial charge on any atom is -0.469 e. The zero-order chi connectivity index (χ0) is 21.1. The van der Waals surface area contributed by atoms with Crippen LogP contribution < -0.4 is 5.32 Å². The summed E-state index contributed by atoms with van der Waals surface area (Å²) in [6.45, 7) is 0.929. The van der Waals surface area contributed by atoms with Gasteiger partial charge in [-0.25, -0.2) is 5.01 Å². The summed E-state index contributed by atoms with van der Waals surface area (Å²) >= 11 is 3.20. The average molecular weight is 447 g/mol. The number of methoxy groups -OCH3 is 1. The molecule has 4 rings (SSSR count). The number of esters is 1. The van der Waals surface area contributed by atoms with Gasteiger partial charge in [-0.1, -0.05) is 12.1 Å². The van der Waals surface area contributed by atoms with Crippen molar-refractivity contribution in [1.29, 1.82) is 0 Å². The maximum absolute atomic E-state index is 13.3. The first kappa shape index (κ1) is 20.7. The topological polar surface area (TPSA) is 91.3 Å². The van der Waals surface area contributed by atoms with E-state index < -0.39 is 12.0 Å². The van der Waals surface area contributed by atoms with Gasteiger partial charge in [0, 0.05) is 24.4 Å². The summed E-state index contributed by atoms with van der Waals surface area (Å²) in [7, 11) is 1.29. The molecule has 0 saturated carbocycles. The molecular formula is C20H22N4O4S2. The van der Waals surface area contributed by atoms with Crippen LogP contribution in [0.3, 0.4) is 0 Å². The lowest BCUT2D eigenvalue weighted by atomic mass is 10.1. The van der Waals surface area contributed by atoms with E-state index in [-0.39, 0.29) is 30.8 Å². The molecule has 2 aliphatic heterocycles. The van der Waals surface area contributed by atoms with Gasteiger partial charge in [-0.3, -0.25) is 19.3 Å². The number of amides is 2. The molecule has 4 heterocycles. The second-order valence-corrected chi connectivity index (χ2v) is 8.98. The lowest BCUT2D eigenvalue weighted by Gasteiger charge is -2.34. The Kier molecular flexibility index (Phi) is 6.26. The largest absolute Gasteiger partial charge is 0.469 e. The third kappa shape index (κ3) is 4.30. The Hall–Kier alpha value is -2.56. The normalized spacial score (nSPS) is 22.0. The fourth-order valence-corrected chi connectivity index (χ4v) is 5.23. The van der Waals surface area contributed by atoms with Gasteiger partial charge in [0.2, 0.25) is 5.91 Å². The van der Waals surface area contributed by atoms with E-state index in [2.05, 4.69) is 10.4 Å². The molecule has 1 fully saturated rings. The number of carbonyl (C=O) groups excluding carboxylic acids is 3. The van der Waals surface area contributed by atoms with E-state index in [1.165, 1.54) is 7.11 Å². The Labute approximate surface area is 182 Å². The second kappa shape index (κ2) is 9.07. The molecule has 158 valence electrons. The van der Waals surface area contributed by atoms with Gasteiger partial charge >= 0.3 is 5.97 Å². The van der Waals surface area contributed by atoms with E-state index in [4.69, 9.17) is 4.74 Å². The molecule has 10 heteroatoms. The number of thiophene rings is 2. The molecule has 1 N–H and O–H groups in total. The van der Waals surface area contributed by atoms with E-state index in [1.54, 1.807) is 32.6 Å². The summed E-state index contributed by atoms with van der Waals surface area (Å²) < 4.78 is 4.72. The first-order valence-corrected chi connectivity index (χ1v) is 11.4. The Morgan fingerprint density at radius 2 is 2.07 bits per heavy atom. The summed E-state index contributed by atoms with van der Waals surface area (Å²) in [4.78, 5) is 41.2. The van der Waals surface area contributed by atoms with Crippen molar-refractivity contribution in [3.05, 3.63) is 44.8 Å². The third-order valence-corrected chi connectivity index (χ3v) is 7.10. The van der Waals surface area contributed by atoms with Crippen molar-refractivity contribution in [2.75, 3.05) is 26.7 Å². The van der Waals surface area contributed by atoms with Crippen molar-refractivity contribution >= 4 is 46.2 Å². The minimum absolute atomic E-state index is 0.0121. The molecule has 0 unspecified atom stereocenters. The number of hydrogen-bond donors (Lipinski definition) is 1. The third-order valence-electron chi connectivity index (χ3n) is 5.21. The number of ether oxygens (including phenoxy) is 1. The van der Waals surface area contributed by atoms with Crippen LogP contribution in [0.25, 0.3) is 0 Å². The van der Waals surface area contributed by atoms with Crippen LogP contribution in [-0.2, 0) is 19.1 Å².